The first-order valence-corrected chi connectivity index (χ1v) is 14.6. The first-order valence-electron chi connectivity index (χ1n) is 14.6. The van der Waals surface area contributed by atoms with Crippen molar-refractivity contribution in [1.82, 2.24) is 0 Å². The van der Waals surface area contributed by atoms with Gasteiger partial charge >= 0.3 is 0 Å². The van der Waals surface area contributed by atoms with E-state index < -0.39 is 11.6 Å². The Kier molecular flexibility index (Phi) is 11.0. The van der Waals surface area contributed by atoms with Crippen molar-refractivity contribution in [3.63, 3.8) is 0 Å². The lowest BCUT2D eigenvalue weighted by Gasteiger charge is -2.29. The lowest BCUT2D eigenvalue weighted by Crippen LogP contribution is -2.30. The molecule has 0 saturated carbocycles. The third kappa shape index (κ3) is 7.73. The topological polar surface area (TPSA) is 18.5 Å². The number of hydrogen-bond acceptors (Lipinski definition) is 2. The van der Waals surface area contributed by atoms with Gasteiger partial charge in [-0.1, -0.05) is 107 Å². The van der Waals surface area contributed by atoms with E-state index in [1.54, 1.807) is 48.5 Å². The Balaban J connectivity index is 1.38. The zero-order valence-electron chi connectivity index (χ0n) is 23.3. The van der Waals surface area contributed by atoms with Crippen molar-refractivity contribution in [3.8, 4) is 22.3 Å². The summed E-state index contributed by atoms with van der Waals surface area (Å²) >= 11 is 0. The van der Waals surface area contributed by atoms with Gasteiger partial charge in [-0.2, -0.15) is 0 Å². The molecule has 1 aliphatic rings. The monoisotopic (exact) mass is 538 g/mol. The van der Waals surface area contributed by atoms with Crippen LogP contribution in [0.2, 0.25) is 0 Å². The van der Waals surface area contributed by atoms with Crippen molar-refractivity contribution in [2.24, 2.45) is 0 Å². The van der Waals surface area contributed by atoms with Crippen LogP contribution in [0.25, 0.3) is 22.3 Å². The van der Waals surface area contributed by atoms with Gasteiger partial charge in [-0.15, -0.1) is 0 Å². The van der Waals surface area contributed by atoms with E-state index in [1.807, 2.05) is 6.07 Å². The highest BCUT2D eigenvalue weighted by molar-refractivity contribution is 5.71. The molecule has 39 heavy (non-hydrogen) atoms. The Morgan fingerprint density at radius 3 is 1.92 bits per heavy atom. The quantitative estimate of drug-likeness (QED) is 0.202. The van der Waals surface area contributed by atoms with Gasteiger partial charge in [0.1, 0.15) is 5.82 Å². The SMILES string of the molecule is CCCCCCCCCc1ccc(-c2ccc(-c3ccc(C4COC(CCC)OC4)cc3F)cc2)c(F)c1F. The van der Waals surface area contributed by atoms with Crippen LogP contribution in [0.3, 0.4) is 0 Å². The van der Waals surface area contributed by atoms with E-state index in [1.165, 1.54) is 25.7 Å². The van der Waals surface area contributed by atoms with Gasteiger partial charge in [-0.05, 0) is 47.6 Å². The summed E-state index contributed by atoms with van der Waals surface area (Å²) in [7, 11) is 0. The van der Waals surface area contributed by atoms with Crippen molar-refractivity contribution in [1.29, 1.82) is 0 Å². The number of hydrogen-bond donors (Lipinski definition) is 0. The van der Waals surface area contributed by atoms with E-state index >= 15 is 4.39 Å². The first kappa shape index (κ1) is 29.4. The fourth-order valence-electron chi connectivity index (χ4n) is 5.26. The molecule has 0 radical (unpaired) electrons. The standard InChI is InChI=1S/C34H41F3O2/c1-3-5-6-7-8-9-10-12-26-17-20-30(34(37)33(26)36)25-15-13-24(14-16-25)29-19-18-27(21-31(29)35)28-22-38-32(11-4-2)39-23-28/h13-21,28,32H,3-12,22-23H2,1-2H3. The molecule has 1 aliphatic heterocycles. The second-order valence-electron chi connectivity index (χ2n) is 10.7. The van der Waals surface area contributed by atoms with Crippen LogP contribution in [0.4, 0.5) is 13.2 Å². The van der Waals surface area contributed by atoms with Gasteiger partial charge in [0.05, 0.1) is 13.2 Å². The molecular weight excluding hydrogens is 497 g/mol. The maximum atomic E-state index is 15.1. The minimum Gasteiger partial charge on any atom is -0.352 e. The zero-order chi connectivity index (χ0) is 27.6. The Morgan fingerprint density at radius 2 is 1.28 bits per heavy atom. The Hall–Kier alpha value is -2.63. The number of aryl methyl sites for hydroxylation is 1. The molecule has 3 aromatic carbocycles. The van der Waals surface area contributed by atoms with Crippen molar-refractivity contribution < 1.29 is 22.6 Å². The summed E-state index contributed by atoms with van der Waals surface area (Å²) in [5.74, 6) is -1.92. The summed E-state index contributed by atoms with van der Waals surface area (Å²) in [5, 5.41) is 0. The normalized spacial score (nSPS) is 17.5. The number of rotatable bonds is 13. The first-order chi connectivity index (χ1) is 19.0. The Bertz CT molecular complexity index is 1180. The van der Waals surface area contributed by atoms with Crippen molar-refractivity contribution in [3.05, 3.63) is 83.2 Å². The van der Waals surface area contributed by atoms with Crippen molar-refractivity contribution in [2.75, 3.05) is 13.2 Å². The van der Waals surface area contributed by atoms with Crippen LogP contribution in [0.5, 0.6) is 0 Å². The second kappa shape index (κ2) is 14.7. The summed E-state index contributed by atoms with van der Waals surface area (Å²) in [6, 6.07) is 15.5. The second-order valence-corrected chi connectivity index (χ2v) is 10.7. The minimum atomic E-state index is -0.822. The third-order valence-corrected chi connectivity index (χ3v) is 7.67. The lowest BCUT2D eigenvalue weighted by molar-refractivity contribution is -0.189. The lowest BCUT2D eigenvalue weighted by atomic mass is 9.94. The number of ether oxygens (including phenoxy) is 2. The molecule has 1 fully saturated rings. The predicted octanol–water partition coefficient (Wildman–Crippen LogP) is 9.99. The summed E-state index contributed by atoms with van der Waals surface area (Å²) < 4.78 is 56.4. The maximum absolute atomic E-state index is 15.1. The molecule has 3 aromatic rings. The largest absolute Gasteiger partial charge is 0.352 e. The van der Waals surface area contributed by atoms with E-state index in [-0.39, 0.29) is 23.6 Å². The molecule has 0 amide bonds. The number of halogens is 3. The molecule has 2 nitrogen and oxygen atoms in total. The molecule has 0 N–H and O–H groups in total. The fraction of sp³-hybridized carbons (Fsp3) is 0.471. The van der Waals surface area contributed by atoms with Crippen molar-refractivity contribution >= 4 is 0 Å². The van der Waals surface area contributed by atoms with E-state index in [9.17, 15) is 8.78 Å². The van der Waals surface area contributed by atoms with Gasteiger partial charge in [0.2, 0.25) is 0 Å². The zero-order valence-corrected chi connectivity index (χ0v) is 23.3. The van der Waals surface area contributed by atoms with Crippen LogP contribution >= 0.6 is 0 Å². The summed E-state index contributed by atoms with van der Waals surface area (Å²) in [6.07, 6.45) is 10.2. The van der Waals surface area contributed by atoms with Gasteiger partial charge < -0.3 is 9.47 Å². The van der Waals surface area contributed by atoms with E-state index in [2.05, 4.69) is 13.8 Å². The van der Waals surface area contributed by atoms with Gasteiger partial charge in [0.15, 0.2) is 17.9 Å². The van der Waals surface area contributed by atoms with E-state index in [0.717, 1.165) is 37.7 Å². The molecule has 1 heterocycles. The number of benzene rings is 3. The molecule has 0 spiro atoms. The van der Waals surface area contributed by atoms with Gasteiger partial charge in [0.25, 0.3) is 0 Å². The van der Waals surface area contributed by atoms with Gasteiger partial charge in [-0.25, -0.2) is 13.2 Å². The molecule has 0 unspecified atom stereocenters. The van der Waals surface area contributed by atoms with Crippen LogP contribution in [0.1, 0.15) is 88.7 Å². The maximum Gasteiger partial charge on any atom is 0.166 e. The van der Waals surface area contributed by atoms with Crippen LogP contribution < -0.4 is 0 Å². The minimum absolute atomic E-state index is 0.00401. The molecule has 4 rings (SSSR count). The van der Waals surface area contributed by atoms with Crippen LogP contribution in [0, 0.1) is 17.5 Å². The van der Waals surface area contributed by atoms with E-state index in [4.69, 9.17) is 9.47 Å². The van der Waals surface area contributed by atoms with Gasteiger partial charge in [0, 0.05) is 17.0 Å². The highest BCUT2D eigenvalue weighted by Crippen LogP contribution is 2.32. The molecule has 210 valence electrons. The molecule has 0 aliphatic carbocycles. The molecule has 0 aromatic heterocycles. The number of unbranched alkanes of at least 4 members (excludes halogenated alkanes) is 6. The summed E-state index contributed by atoms with van der Waals surface area (Å²) in [4.78, 5) is 0. The fourth-order valence-corrected chi connectivity index (χ4v) is 5.26. The third-order valence-electron chi connectivity index (χ3n) is 7.67. The molecular formula is C34H41F3O2. The average molecular weight is 539 g/mol. The Labute approximate surface area is 231 Å². The van der Waals surface area contributed by atoms with Crippen LogP contribution in [-0.4, -0.2) is 19.5 Å². The average Bonchev–Trinajstić information content (AvgIpc) is 2.95. The summed E-state index contributed by atoms with van der Waals surface area (Å²) in [6.45, 7) is 5.30. The smallest absolute Gasteiger partial charge is 0.166 e. The molecule has 0 bridgehead atoms. The van der Waals surface area contributed by atoms with E-state index in [0.29, 0.717) is 41.9 Å². The molecule has 0 atom stereocenters. The van der Waals surface area contributed by atoms with Crippen LogP contribution in [0.15, 0.2) is 54.6 Å². The highest BCUT2D eigenvalue weighted by atomic mass is 19.2. The molecule has 5 heteroatoms. The molecule has 1 saturated heterocycles. The Morgan fingerprint density at radius 1 is 0.667 bits per heavy atom. The van der Waals surface area contributed by atoms with Gasteiger partial charge in [-0.3, -0.25) is 0 Å². The summed E-state index contributed by atoms with van der Waals surface area (Å²) in [5.41, 5.74) is 3.20. The van der Waals surface area contributed by atoms with Crippen molar-refractivity contribution in [2.45, 2.75) is 90.3 Å². The predicted molar refractivity (Wildman–Crippen MR) is 152 cm³/mol. The van der Waals surface area contributed by atoms with Crippen LogP contribution in [-0.2, 0) is 15.9 Å². The highest BCUT2D eigenvalue weighted by Gasteiger charge is 2.24.